The minimum absolute atomic E-state index is 0.0428. The Bertz CT molecular complexity index is 734. The van der Waals surface area contributed by atoms with Gasteiger partial charge < -0.3 is 9.84 Å². The van der Waals surface area contributed by atoms with Gasteiger partial charge in [-0.1, -0.05) is 26.0 Å². The van der Waals surface area contributed by atoms with Gasteiger partial charge in [-0.15, -0.1) is 0 Å². The first-order valence-electron chi connectivity index (χ1n) is 7.58. The van der Waals surface area contributed by atoms with Gasteiger partial charge in [0.1, 0.15) is 6.04 Å². The highest BCUT2D eigenvalue weighted by atomic mass is 32.2. The maximum Gasteiger partial charge on any atom is 0.322 e. The standard InChI is InChI=1S/C16H21NO6S/c1-10(2)13(14(18)19)17-24(21,22)12-6-4-11(5-7-12)16(8-9-16)15(20)23-3/h4-7,10,13,17H,8-9H2,1-3H3,(H,18,19)/t13-/m1/s1. The third kappa shape index (κ3) is 3.44. The van der Waals surface area contributed by atoms with Crippen LogP contribution in [-0.2, 0) is 29.8 Å². The number of carboxylic acids is 1. The molecule has 0 aliphatic heterocycles. The smallest absolute Gasteiger partial charge is 0.322 e. The second kappa shape index (κ2) is 6.52. The molecule has 0 spiro atoms. The fourth-order valence-corrected chi connectivity index (χ4v) is 3.93. The minimum Gasteiger partial charge on any atom is -0.480 e. The lowest BCUT2D eigenvalue weighted by atomic mass is 9.96. The molecule has 24 heavy (non-hydrogen) atoms. The van der Waals surface area contributed by atoms with Gasteiger partial charge in [-0.2, -0.15) is 4.72 Å². The van der Waals surface area contributed by atoms with E-state index in [1.54, 1.807) is 26.0 Å². The average Bonchev–Trinajstić information content (AvgIpc) is 3.33. The van der Waals surface area contributed by atoms with E-state index in [0.717, 1.165) is 0 Å². The summed E-state index contributed by atoms with van der Waals surface area (Å²) in [7, 11) is -2.64. The molecule has 0 amide bonds. The van der Waals surface area contributed by atoms with E-state index in [4.69, 9.17) is 9.84 Å². The quantitative estimate of drug-likeness (QED) is 0.713. The Morgan fingerprint density at radius 1 is 1.21 bits per heavy atom. The SMILES string of the molecule is COC(=O)C1(c2ccc(S(=O)(=O)N[C@@H](C(=O)O)C(C)C)cc2)CC1. The van der Waals surface area contributed by atoms with Crippen LogP contribution in [0.4, 0.5) is 0 Å². The lowest BCUT2D eigenvalue weighted by Crippen LogP contribution is -2.44. The van der Waals surface area contributed by atoms with Crippen LogP contribution >= 0.6 is 0 Å². The Labute approximate surface area is 141 Å². The molecule has 1 atom stereocenters. The number of esters is 1. The van der Waals surface area contributed by atoms with Gasteiger partial charge in [0.2, 0.25) is 10.0 Å². The Balaban J connectivity index is 2.24. The summed E-state index contributed by atoms with van der Waals surface area (Å²) in [4.78, 5) is 23.0. The third-order valence-corrected chi connectivity index (χ3v) is 5.72. The Kier molecular flexibility index (Phi) is 5.00. The lowest BCUT2D eigenvalue weighted by molar-refractivity contribution is -0.143. The van der Waals surface area contributed by atoms with Crippen LogP contribution < -0.4 is 4.72 Å². The second-order valence-corrected chi connectivity index (χ2v) is 7.99. The summed E-state index contributed by atoms with van der Waals surface area (Å²) in [5, 5.41) is 9.12. The molecule has 0 aromatic heterocycles. The van der Waals surface area contributed by atoms with Crippen molar-refractivity contribution in [3.8, 4) is 0 Å². The number of aliphatic carboxylic acids is 1. The number of hydrogen-bond acceptors (Lipinski definition) is 5. The Morgan fingerprint density at radius 2 is 1.75 bits per heavy atom. The zero-order chi connectivity index (χ0) is 18.1. The molecular formula is C16H21NO6S. The third-order valence-electron chi connectivity index (χ3n) is 4.26. The van der Waals surface area contributed by atoms with Crippen molar-refractivity contribution in [1.82, 2.24) is 4.72 Å². The number of sulfonamides is 1. The summed E-state index contributed by atoms with van der Waals surface area (Å²) in [5.41, 5.74) is 0.0263. The van der Waals surface area contributed by atoms with Crippen LogP contribution in [0, 0.1) is 5.92 Å². The van der Waals surface area contributed by atoms with Crippen molar-refractivity contribution in [2.75, 3.05) is 7.11 Å². The molecule has 0 radical (unpaired) electrons. The van der Waals surface area contributed by atoms with Crippen LogP contribution in [0.2, 0.25) is 0 Å². The molecule has 0 unspecified atom stereocenters. The number of carbonyl (C=O) groups is 2. The first-order valence-corrected chi connectivity index (χ1v) is 9.06. The van der Waals surface area contributed by atoms with Crippen LogP contribution in [0.25, 0.3) is 0 Å². The lowest BCUT2D eigenvalue weighted by Gasteiger charge is -2.18. The summed E-state index contributed by atoms with van der Waals surface area (Å²) < 4.78 is 31.7. The average molecular weight is 355 g/mol. The number of ether oxygens (including phenoxy) is 1. The fourth-order valence-electron chi connectivity index (χ4n) is 2.59. The van der Waals surface area contributed by atoms with Crippen molar-refractivity contribution >= 4 is 22.0 Å². The predicted molar refractivity (Wildman–Crippen MR) is 86.0 cm³/mol. The van der Waals surface area contributed by atoms with Crippen LogP contribution in [0.15, 0.2) is 29.2 Å². The van der Waals surface area contributed by atoms with E-state index in [1.165, 1.54) is 19.2 Å². The molecule has 2 N–H and O–H groups in total. The van der Waals surface area contributed by atoms with Gasteiger partial charge in [0.05, 0.1) is 17.4 Å². The van der Waals surface area contributed by atoms with Gasteiger partial charge in [0, 0.05) is 0 Å². The number of carboxylic acid groups (broad SMARTS) is 1. The molecule has 1 aromatic carbocycles. The fraction of sp³-hybridized carbons (Fsp3) is 0.500. The molecule has 132 valence electrons. The number of carbonyl (C=O) groups excluding carboxylic acids is 1. The van der Waals surface area contributed by atoms with E-state index >= 15 is 0 Å². The topological polar surface area (TPSA) is 110 Å². The summed E-state index contributed by atoms with van der Waals surface area (Å²) in [6.07, 6.45) is 1.33. The van der Waals surface area contributed by atoms with Gasteiger partial charge in [-0.05, 0) is 36.5 Å². The van der Waals surface area contributed by atoms with Gasteiger partial charge >= 0.3 is 11.9 Å². The highest BCUT2D eigenvalue weighted by Crippen LogP contribution is 2.49. The number of rotatable bonds is 7. The zero-order valence-electron chi connectivity index (χ0n) is 13.8. The van der Waals surface area contributed by atoms with E-state index < -0.39 is 33.4 Å². The van der Waals surface area contributed by atoms with Crippen molar-refractivity contribution in [1.29, 1.82) is 0 Å². The van der Waals surface area contributed by atoms with Gasteiger partial charge in [0.15, 0.2) is 0 Å². The molecular weight excluding hydrogens is 334 g/mol. The number of benzene rings is 1. The normalized spacial score (nSPS) is 17.3. The molecule has 7 nitrogen and oxygen atoms in total. The van der Waals surface area contributed by atoms with E-state index in [-0.39, 0.29) is 10.9 Å². The molecule has 1 fully saturated rings. The molecule has 0 bridgehead atoms. The zero-order valence-corrected chi connectivity index (χ0v) is 14.6. The maximum absolute atomic E-state index is 12.4. The summed E-state index contributed by atoms with van der Waals surface area (Å²) in [5.74, 6) is -1.96. The highest BCUT2D eigenvalue weighted by molar-refractivity contribution is 7.89. The molecule has 2 rings (SSSR count). The summed E-state index contributed by atoms with van der Waals surface area (Å²) >= 11 is 0. The Morgan fingerprint density at radius 3 is 2.12 bits per heavy atom. The molecule has 0 saturated heterocycles. The molecule has 0 heterocycles. The van der Waals surface area contributed by atoms with Crippen molar-refractivity contribution in [2.45, 2.75) is 43.0 Å². The van der Waals surface area contributed by atoms with E-state index in [2.05, 4.69) is 4.72 Å². The maximum atomic E-state index is 12.4. The van der Waals surface area contributed by atoms with Gasteiger partial charge in [-0.25, -0.2) is 8.42 Å². The second-order valence-electron chi connectivity index (χ2n) is 6.28. The summed E-state index contributed by atoms with van der Waals surface area (Å²) in [6.45, 7) is 3.25. The number of hydrogen-bond donors (Lipinski definition) is 2. The minimum atomic E-state index is -3.96. The van der Waals surface area contributed by atoms with Crippen LogP contribution in [-0.4, -0.2) is 38.6 Å². The molecule has 1 aliphatic rings. The van der Waals surface area contributed by atoms with Crippen LogP contribution in [0.1, 0.15) is 32.3 Å². The Hall–Kier alpha value is -1.93. The predicted octanol–water partition coefficient (Wildman–Crippen LogP) is 1.28. The van der Waals surface area contributed by atoms with E-state index in [9.17, 15) is 18.0 Å². The van der Waals surface area contributed by atoms with E-state index in [0.29, 0.717) is 18.4 Å². The monoisotopic (exact) mass is 355 g/mol. The van der Waals surface area contributed by atoms with Gasteiger partial charge in [-0.3, -0.25) is 9.59 Å². The van der Waals surface area contributed by atoms with E-state index in [1.807, 2.05) is 0 Å². The van der Waals surface area contributed by atoms with Crippen molar-refractivity contribution in [3.63, 3.8) is 0 Å². The first-order chi connectivity index (χ1) is 11.1. The first kappa shape index (κ1) is 18.4. The van der Waals surface area contributed by atoms with Crippen LogP contribution in [0.5, 0.6) is 0 Å². The number of methoxy groups -OCH3 is 1. The number of nitrogens with one attached hydrogen (secondary N) is 1. The highest BCUT2D eigenvalue weighted by Gasteiger charge is 2.52. The van der Waals surface area contributed by atoms with Gasteiger partial charge in [0.25, 0.3) is 0 Å². The molecule has 1 saturated carbocycles. The molecule has 1 aromatic rings. The van der Waals surface area contributed by atoms with Crippen molar-refractivity contribution < 1.29 is 27.9 Å². The molecule has 8 heteroatoms. The van der Waals surface area contributed by atoms with Crippen molar-refractivity contribution in [2.24, 2.45) is 5.92 Å². The molecule has 1 aliphatic carbocycles. The largest absolute Gasteiger partial charge is 0.480 e. The summed E-state index contributed by atoms with van der Waals surface area (Å²) in [6, 6.07) is 4.69. The van der Waals surface area contributed by atoms with Crippen LogP contribution in [0.3, 0.4) is 0 Å². The van der Waals surface area contributed by atoms with Crippen molar-refractivity contribution in [3.05, 3.63) is 29.8 Å².